The summed E-state index contributed by atoms with van der Waals surface area (Å²) in [6.45, 7) is 1.99. The van der Waals surface area contributed by atoms with Crippen LogP contribution in [-0.2, 0) is 4.79 Å². The van der Waals surface area contributed by atoms with Crippen molar-refractivity contribution in [3.8, 4) is 0 Å². The molecule has 0 saturated heterocycles. The van der Waals surface area contributed by atoms with Gasteiger partial charge in [0.2, 0.25) is 5.91 Å². The van der Waals surface area contributed by atoms with Gasteiger partial charge in [-0.15, -0.1) is 11.3 Å². The van der Waals surface area contributed by atoms with E-state index < -0.39 is 0 Å². The minimum Gasteiger partial charge on any atom is -0.377 e. The largest absolute Gasteiger partial charge is 0.377 e. The molecular formula is C19H17N5OS2. The number of hydrogen-bond acceptors (Lipinski definition) is 7. The monoisotopic (exact) mass is 395 g/mol. The van der Waals surface area contributed by atoms with Crippen LogP contribution < -0.4 is 9.80 Å². The normalized spacial score (nSPS) is 20.9. The number of nitrogens with zero attached hydrogens (tertiary/aromatic N) is 5. The van der Waals surface area contributed by atoms with E-state index in [0.29, 0.717) is 0 Å². The molecule has 2 aliphatic heterocycles. The quantitative estimate of drug-likeness (QED) is 0.663. The zero-order chi connectivity index (χ0) is 18.7. The molecule has 4 heterocycles. The molecule has 1 amide bonds. The number of aromatic nitrogens is 2. The van der Waals surface area contributed by atoms with Crippen molar-refractivity contribution in [1.82, 2.24) is 9.97 Å². The fraction of sp³-hybridized carbons (Fsp3) is 0.263. The van der Waals surface area contributed by atoms with E-state index in [-0.39, 0.29) is 17.2 Å². The first-order valence-electron chi connectivity index (χ1n) is 8.59. The van der Waals surface area contributed by atoms with Gasteiger partial charge in [0.15, 0.2) is 0 Å². The Kier molecular flexibility index (Phi) is 3.73. The first-order valence-corrected chi connectivity index (χ1v) is 10.3. The Labute approximate surface area is 164 Å². The predicted octanol–water partition coefficient (Wildman–Crippen LogP) is 3.66. The summed E-state index contributed by atoms with van der Waals surface area (Å²) in [7, 11) is 4.00. The number of aliphatic imine (C=N–C) groups is 1. The molecule has 8 heteroatoms. The lowest BCUT2D eigenvalue weighted by Gasteiger charge is -2.28. The van der Waals surface area contributed by atoms with E-state index in [4.69, 9.17) is 4.99 Å². The first kappa shape index (κ1) is 16.7. The second-order valence-electron chi connectivity index (χ2n) is 6.78. The number of fused-ring (bicyclic) bond motifs is 4. The Morgan fingerprint density at radius 1 is 1.22 bits per heavy atom. The van der Waals surface area contributed by atoms with Gasteiger partial charge in [-0.3, -0.25) is 14.7 Å². The van der Waals surface area contributed by atoms with Crippen molar-refractivity contribution in [2.24, 2.45) is 4.99 Å². The molecule has 27 heavy (non-hydrogen) atoms. The fourth-order valence-electron chi connectivity index (χ4n) is 3.59. The lowest BCUT2D eigenvalue weighted by Crippen LogP contribution is -2.42. The highest BCUT2D eigenvalue weighted by atomic mass is 32.2. The number of rotatable bonds is 2. The van der Waals surface area contributed by atoms with Gasteiger partial charge in [0, 0.05) is 31.5 Å². The molecule has 5 rings (SSSR count). The molecule has 1 aromatic carbocycles. The Bertz CT molecular complexity index is 1110. The maximum absolute atomic E-state index is 13.3. The van der Waals surface area contributed by atoms with E-state index in [9.17, 15) is 4.79 Å². The van der Waals surface area contributed by atoms with Crippen LogP contribution in [0.15, 0.2) is 40.5 Å². The molecule has 2 aromatic heterocycles. The number of amides is 1. The van der Waals surface area contributed by atoms with E-state index in [2.05, 4.69) is 9.97 Å². The maximum atomic E-state index is 13.3. The third-order valence-electron chi connectivity index (χ3n) is 4.81. The summed E-state index contributed by atoms with van der Waals surface area (Å²) in [6.07, 6.45) is 3.45. The minimum atomic E-state index is -0.286. The van der Waals surface area contributed by atoms with Crippen LogP contribution in [0.5, 0.6) is 0 Å². The fourth-order valence-corrected chi connectivity index (χ4v) is 5.66. The molecule has 2 atom stereocenters. The topological polar surface area (TPSA) is 61.7 Å². The number of aryl methyl sites for hydroxylation is 1. The van der Waals surface area contributed by atoms with Gasteiger partial charge < -0.3 is 4.90 Å². The molecule has 0 aliphatic carbocycles. The highest BCUT2D eigenvalue weighted by Gasteiger charge is 2.45. The van der Waals surface area contributed by atoms with Crippen molar-refractivity contribution >= 4 is 56.9 Å². The minimum absolute atomic E-state index is 0.0361. The molecule has 0 radical (unpaired) electrons. The first-order chi connectivity index (χ1) is 13.0. The van der Waals surface area contributed by atoms with Crippen molar-refractivity contribution in [3.63, 3.8) is 0 Å². The second kappa shape index (κ2) is 6.03. The third kappa shape index (κ3) is 2.55. The average Bonchev–Trinajstić information content (AvgIpc) is 3.21. The molecule has 0 spiro atoms. The summed E-state index contributed by atoms with van der Waals surface area (Å²) >= 11 is 3.16. The Morgan fingerprint density at radius 2 is 2.07 bits per heavy atom. The molecule has 0 bridgehead atoms. The molecule has 2 unspecified atom stereocenters. The number of carbonyl (C=O) groups is 1. The third-order valence-corrected chi connectivity index (χ3v) is 7.03. The summed E-state index contributed by atoms with van der Waals surface area (Å²) in [4.78, 5) is 30.7. The van der Waals surface area contributed by atoms with E-state index >= 15 is 0 Å². The van der Waals surface area contributed by atoms with Gasteiger partial charge in [-0.2, -0.15) is 0 Å². The number of pyridine rings is 1. The van der Waals surface area contributed by atoms with E-state index in [1.165, 1.54) is 11.8 Å². The standard InChI is InChI=1S/C19H17N5OS2/c1-10-22-12-8-11(4-5-14(12)26-10)24-9-21-16-15-13(23(2)3)6-7-20-18(15)27-17(16)19(24)25/h4-9,16-17H,1-3H3. The second-order valence-corrected chi connectivity index (χ2v) is 9.15. The smallest absolute Gasteiger partial charge is 0.248 e. The van der Waals surface area contributed by atoms with E-state index in [1.54, 1.807) is 28.8 Å². The van der Waals surface area contributed by atoms with Gasteiger partial charge in [-0.1, -0.05) is 11.8 Å². The summed E-state index contributed by atoms with van der Waals surface area (Å²) < 4.78 is 1.12. The number of anilines is 2. The highest BCUT2D eigenvalue weighted by molar-refractivity contribution is 8.01. The van der Waals surface area contributed by atoms with Crippen molar-refractivity contribution < 1.29 is 4.79 Å². The zero-order valence-corrected chi connectivity index (χ0v) is 16.7. The van der Waals surface area contributed by atoms with Crippen LogP contribution in [-0.4, -0.2) is 41.6 Å². The van der Waals surface area contributed by atoms with Crippen LogP contribution in [0.1, 0.15) is 16.6 Å². The van der Waals surface area contributed by atoms with E-state index in [0.717, 1.165) is 37.2 Å². The SMILES string of the molecule is Cc1nc2cc(N3C=NC4c5c(N(C)C)ccnc5SC4C3=O)ccc2s1. The lowest BCUT2D eigenvalue weighted by atomic mass is 10.0. The predicted molar refractivity (Wildman–Crippen MR) is 111 cm³/mol. The Morgan fingerprint density at radius 3 is 2.89 bits per heavy atom. The van der Waals surface area contributed by atoms with Gasteiger partial charge in [0.05, 0.1) is 27.3 Å². The summed E-state index contributed by atoms with van der Waals surface area (Å²) in [5, 5.41) is 1.63. The summed E-state index contributed by atoms with van der Waals surface area (Å²) in [5.41, 5.74) is 3.83. The van der Waals surface area contributed by atoms with Gasteiger partial charge in [-0.25, -0.2) is 9.97 Å². The average molecular weight is 396 g/mol. The molecule has 136 valence electrons. The van der Waals surface area contributed by atoms with Crippen molar-refractivity contribution in [2.75, 3.05) is 23.9 Å². The molecule has 3 aromatic rings. The zero-order valence-electron chi connectivity index (χ0n) is 15.1. The number of carbonyl (C=O) groups excluding carboxylic acids is 1. The van der Waals surface area contributed by atoms with Crippen molar-refractivity contribution in [2.45, 2.75) is 23.2 Å². The van der Waals surface area contributed by atoms with Crippen LogP contribution in [0.4, 0.5) is 11.4 Å². The van der Waals surface area contributed by atoms with Crippen LogP contribution >= 0.6 is 23.1 Å². The molecule has 0 saturated carbocycles. The van der Waals surface area contributed by atoms with Crippen molar-refractivity contribution in [3.05, 3.63) is 41.0 Å². The van der Waals surface area contributed by atoms with Crippen LogP contribution in [0.25, 0.3) is 10.2 Å². The van der Waals surface area contributed by atoms with Crippen molar-refractivity contribution in [1.29, 1.82) is 0 Å². The number of benzene rings is 1. The van der Waals surface area contributed by atoms with E-state index in [1.807, 2.05) is 50.2 Å². The van der Waals surface area contributed by atoms with Gasteiger partial charge in [0.1, 0.15) is 16.3 Å². The van der Waals surface area contributed by atoms with Gasteiger partial charge in [-0.05, 0) is 31.2 Å². The Hall–Kier alpha value is -2.45. The van der Waals surface area contributed by atoms with Gasteiger partial charge >= 0.3 is 0 Å². The molecule has 2 aliphatic rings. The Balaban J connectivity index is 1.54. The highest BCUT2D eigenvalue weighted by Crippen LogP contribution is 2.50. The molecule has 0 N–H and O–H groups in total. The molecule has 6 nitrogen and oxygen atoms in total. The number of thiazole rings is 1. The molecule has 0 fully saturated rings. The summed E-state index contributed by atoms with van der Waals surface area (Å²) in [6, 6.07) is 7.72. The maximum Gasteiger partial charge on any atom is 0.248 e. The number of hydrogen-bond donors (Lipinski definition) is 0. The van der Waals surface area contributed by atoms with Crippen LogP contribution in [0.3, 0.4) is 0 Å². The lowest BCUT2D eigenvalue weighted by molar-refractivity contribution is -0.117. The van der Waals surface area contributed by atoms with Crippen LogP contribution in [0.2, 0.25) is 0 Å². The van der Waals surface area contributed by atoms with Crippen LogP contribution in [0, 0.1) is 6.92 Å². The summed E-state index contributed by atoms with van der Waals surface area (Å²) in [5.74, 6) is 0.0361. The molecular weight excluding hydrogens is 378 g/mol. The van der Waals surface area contributed by atoms with Gasteiger partial charge in [0.25, 0.3) is 0 Å². The number of thioether (sulfide) groups is 1.